The molecule has 0 aromatic heterocycles. The van der Waals surface area contributed by atoms with Crippen molar-refractivity contribution in [2.75, 3.05) is 13.2 Å². The molecule has 11 nitrogen and oxygen atoms in total. The zero-order valence-electron chi connectivity index (χ0n) is 15.1. The Morgan fingerprint density at radius 2 is 1.89 bits per heavy atom. The number of hydrogen-bond donors (Lipinski definition) is 1. The Morgan fingerprint density at radius 1 is 1.25 bits per heavy atom. The van der Waals surface area contributed by atoms with E-state index in [0.29, 0.717) is 0 Å². The number of nitro groups is 1. The van der Waals surface area contributed by atoms with E-state index in [1.54, 1.807) is 0 Å². The quantitative estimate of drug-likeness (QED) is 0.227. The van der Waals surface area contributed by atoms with E-state index in [2.05, 4.69) is 0 Å². The molecular weight excluding hydrogens is 376 g/mol. The molecule has 2 N–H and O–H groups in total. The first-order chi connectivity index (χ1) is 13.2. The van der Waals surface area contributed by atoms with E-state index >= 15 is 0 Å². The maximum Gasteiger partial charge on any atom is 0.326 e. The highest BCUT2D eigenvalue weighted by atomic mass is 16.6. The number of ether oxygens (including phenoxy) is 3. The van der Waals surface area contributed by atoms with Gasteiger partial charge in [-0.25, -0.2) is 0 Å². The van der Waals surface area contributed by atoms with Gasteiger partial charge in [0, 0.05) is 23.6 Å². The van der Waals surface area contributed by atoms with Crippen LogP contribution < -0.4 is 10.5 Å². The van der Waals surface area contributed by atoms with Gasteiger partial charge in [-0.2, -0.15) is 0 Å². The molecule has 1 aliphatic rings. The van der Waals surface area contributed by atoms with Crippen LogP contribution in [0.5, 0.6) is 5.75 Å². The number of rotatable bonds is 7. The highest BCUT2D eigenvalue weighted by molar-refractivity contribution is 6.04. The Kier molecular flexibility index (Phi) is 6.29. The van der Waals surface area contributed by atoms with Crippen LogP contribution in [0.3, 0.4) is 0 Å². The van der Waals surface area contributed by atoms with Crippen LogP contribution in [0.4, 0.5) is 5.69 Å². The number of primary amides is 1. The number of hydrogen-bond acceptors (Lipinski definition) is 9. The van der Waals surface area contributed by atoms with Gasteiger partial charge in [-0.05, 0) is 19.9 Å². The number of nitrogens with zero attached hydrogens (tertiary/aromatic N) is 1. The molecule has 28 heavy (non-hydrogen) atoms. The summed E-state index contributed by atoms with van der Waals surface area (Å²) in [5.74, 6) is -9.44. The van der Waals surface area contributed by atoms with Crippen molar-refractivity contribution in [3.63, 3.8) is 0 Å². The predicted octanol–water partition coefficient (Wildman–Crippen LogP) is 0.441. The molecule has 0 spiro atoms. The Morgan fingerprint density at radius 3 is 2.43 bits per heavy atom. The van der Waals surface area contributed by atoms with Gasteiger partial charge in [-0.15, -0.1) is 0 Å². The molecule has 1 aromatic rings. The van der Waals surface area contributed by atoms with Gasteiger partial charge in [0.2, 0.25) is 5.91 Å². The molecule has 1 aromatic carbocycles. The molecular formula is C17H18N2O9. The molecule has 11 heteroatoms. The predicted molar refractivity (Wildman–Crippen MR) is 90.9 cm³/mol. The molecule has 1 aliphatic heterocycles. The number of carbonyl (C=O) groups is 4. The summed E-state index contributed by atoms with van der Waals surface area (Å²) in [6, 6.07) is 3.24. The van der Waals surface area contributed by atoms with Crippen LogP contribution in [0.15, 0.2) is 18.2 Å². The molecule has 3 unspecified atom stereocenters. The summed E-state index contributed by atoms with van der Waals surface area (Å²) in [7, 11) is 0. The van der Waals surface area contributed by atoms with Crippen molar-refractivity contribution in [3.8, 4) is 5.75 Å². The Hall–Kier alpha value is -3.50. The van der Waals surface area contributed by atoms with E-state index in [9.17, 15) is 29.3 Å². The molecule has 3 atom stereocenters. The van der Waals surface area contributed by atoms with Crippen LogP contribution in [0.25, 0.3) is 0 Å². The van der Waals surface area contributed by atoms with Gasteiger partial charge in [0.1, 0.15) is 11.7 Å². The van der Waals surface area contributed by atoms with Crippen LogP contribution in [-0.2, 0) is 28.7 Å². The minimum Gasteiger partial charge on any atom is -0.465 e. The van der Waals surface area contributed by atoms with Gasteiger partial charge in [0.15, 0.2) is 5.92 Å². The number of fused-ring (bicyclic) bond motifs is 1. The number of amides is 1. The maximum absolute atomic E-state index is 12.4. The van der Waals surface area contributed by atoms with E-state index in [0.717, 1.165) is 18.2 Å². The molecule has 0 fully saturated rings. The lowest BCUT2D eigenvalue weighted by molar-refractivity contribution is -0.385. The summed E-state index contributed by atoms with van der Waals surface area (Å²) in [4.78, 5) is 59.7. The van der Waals surface area contributed by atoms with Crippen molar-refractivity contribution in [3.05, 3.63) is 33.9 Å². The smallest absolute Gasteiger partial charge is 0.326 e. The minimum absolute atomic E-state index is 0.0660. The Bertz CT molecular complexity index is 836. The number of nitro benzene ring substituents is 1. The molecule has 1 amide bonds. The van der Waals surface area contributed by atoms with Crippen LogP contribution in [0.1, 0.15) is 25.3 Å². The van der Waals surface area contributed by atoms with E-state index in [1.165, 1.54) is 13.8 Å². The second-order valence-corrected chi connectivity index (χ2v) is 5.79. The van der Waals surface area contributed by atoms with Gasteiger partial charge in [-0.3, -0.25) is 29.3 Å². The van der Waals surface area contributed by atoms with Crippen LogP contribution >= 0.6 is 0 Å². The molecule has 0 saturated heterocycles. The first kappa shape index (κ1) is 20.8. The second kappa shape index (κ2) is 8.46. The standard InChI is InChI=1S/C17H18N2O9/c1-3-26-15(21)12(14(18)20)11-9-7-8(19(24)25)5-6-10(9)28-17(23)13(11)16(22)27-4-2/h5-7,11-13H,3-4H2,1-2H3,(H2,18,20). The highest BCUT2D eigenvalue weighted by Gasteiger charge is 2.52. The van der Waals surface area contributed by atoms with Gasteiger partial charge < -0.3 is 19.9 Å². The first-order valence-corrected chi connectivity index (χ1v) is 8.35. The summed E-state index contributed by atoms with van der Waals surface area (Å²) in [6.45, 7) is 2.81. The number of non-ortho nitro benzene ring substituents is 1. The SMILES string of the molecule is CCOC(=O)C(C(N)=O)C1c2cc([N+](=O)[O-])ccc2OC(=O)C1C(=O)OCC. The summed E-state index contributed by atoms with van der Waals surface area (Å²) < 4.78 is 14.8. The average Bonchev–Trinajstić information content (AvgIpc) is 2.61. The fraction of sp³-hybridized carbons (Fsp3) is 0.412. The largest absolute Gasteiger partial charge is 0.465 e. The van der Waals surface area contributed by atoms with Gasteiger partial charge in [0.25, 0.3) is 5.69 Å². The number of esters is 3. The third-order valence-corrected chi connectivity index (χ3v) is 4.13. The van der Waals surface area contributed by atoms with E-state index < -0.39 is 52.2 Å². The lowest BCUT2D eigenvalue weighted by Gasteiger charge is -2.33. The summed E-state index contributed by atoms with van der Waals surface area (Å²) >= 11 is 0. The van der Waals surface area contributed by atoms with Crippen molar-refractivity contribution in [2.24, 2.45) is 17.6 Å². The molecule has 0 aliphatic carbocycles. The van der Waals surface area contributed by atoms with Gasteiger partial charge in [0.05, 0.1) is 18.1 Å². The maximum atomic E-state index is 12.4. The number of benzene rings is 1. The zero-order chi connectivity index (χ0) is 21.0. The van der Waals surface area contributed by atoms with Crippen molar-refractivity contribution < 1.29 is 38.3 Å². The van der Waals surface area contributed by atoms with Gasteiger partial charge in [-0.1, -0.05) is 0 Å². The normalized spacial score (nSPS) is 19.0. The molecule has 2 rings (SSSR count). The topological polar surface area (TPSA) is 165 Å². The lowest BCUT2D eigenvalue weighted by atomic mass is 9.74. The van der Waals surface area contributed by atoms with E-state index in [4.69, 9.17) is 19.9 Å². The molecule has 0 bridgehead atoms. The summed E-state index contributed by atoms with van der Waals surface area (Å²) in [5, 5.41) is 11.1. The summed E-state index contributed by atoms with van der Waals surface area (Å²) in [5.41, 5.74) is 4.90. The van der Waals surface area contributed by atoms with Crippen molar-refractivity contribution in [1.29, 1.82) is 0 Å². The fourth-order valence-corrected chi connectivity index (χ4v) is 3.02. The third-order valence-electron chi connectivity index (χ3n) is 4.13. The Labute approximate surface area is 158 Å². The van der Waals surface area contributed by atoms with Gasteiger partial charge >= 0.3 is 17.9 Å². The van der Waals surface area contributed by atoms with Crippen molar-refractivity contribution >= 4 is 29.5 Å². The zero-order valence-corrected chi connectivity index (χ0v) is 15.1. The van der Waals surface area contributed by atoms with Crippen LogP contribution in [0.2, 0.25) is 0 Å². The van der Waals surface area contributed by atoms with Crippen LogP contribution in [-0.4, -0.2) is 42.0 Å². The van der Waals surface area contributed by atoms with E-state index in [-0.39, 0.29) is 24.5 Å². The Balaban J connectivity index is 2.71. The van der Waals surface area contributed by atoms with Crippen molar-refractivity contribution in [2.45, 2.75) is 19.8 Å². The first-order valence-electron chi connectivity index (χ1n) is 8.35. The van der Waals surface area contributed by atoms with Crippen LogP contribution in [0, 0.1) is 22.0 Å². The molecule has 1 heterocycles. The average molecular weight is 394 g/mol. The summed E-state index contributed by atoms with van der Waals surface area (Å²) in [6.07, 6.45) is 0. The molecule has 150 valence electrons. The van der Waals surface area contributed by atoms with E-state index in [1.807, 2.05) is 0 Å². The third kappa shape index (κ3) is 3.92. The number of carbonyl (C=O) groups excluding carboxylic acids is 4. The van der Waals surface area contributed by atoms with Crippen molar-refractivity contribution in [1.82, 2.24) is 0 Å². The monoisotopic (exact) mass is 394 g/mol. The lowest BCUT2D eigenvalue weighted by Crippen LogP contribution is -2.47. The fourth-order valence-electron chi connectivity index (χ4n) is 3.02. The second-order valence-electron chi connectivity index (χ2n) is 5.79. The number of nitrogens with two attached hydrogens (primary N) is 1. The minimum atomic E-state index is -1.76. The molecule has 0 saturated carbocycles. The highest BCUT2D eigenvalue weighted by Crippen LogP contribution is 2.44. The molecule has 0 radical (unpaired) electrons.